The molecular formula is C19H18N4O. The van der Waals surface area contributed by atoms with Crippen LogP contribution in [0.5, 0.6) is 0 Å². The summed E-state index contributed by atoms with van der Waals surface area (Å²) < 4.78 is 0. The molecule has 0 aliphatic heterocycles. The van der Waals surface area contributed by atoms with Crippen LogP contribution in [0.25, 0.3) is 0 Å². The summed E-state index contributed by atoms with van der Waals surface area (Å²) in [4.78, 5) is 20.7. The van der Waals surface area contributed by atoms with Crippen molar-refractivity contribution in [3.05, 3.63) is 77.6 Å². The first-order chi connectivity index (χ1) is 11.6. The fourth-order valence-corrected chi connectivity index (χ4v) is 2.23. The van der Waals surface area contributed by atoms with Crippen LogP contribution in [-0.2, 0) is 0 Å². The Morgan fingerprint density at radius 3 is 2.38 bits per heavy atom. The van der Waals surface area contributed by atoms with Gasteiger partial charge in [-0.15, -0.1) is 0 Å². The molecule has 3 aromatic rings. The van der Waals surface area contributed by atoms with Crippen LogP contribution in [0.4, 0.5) is 17.3 Å². The van der Waals surface area contributed by atoms with Crippen molar-refractivity contribution in [3.63, 3.8) is 0 Å². The van der Waals surface area contributed by atoms with Crippen LogP contribution in [-0.4, -0.2) is 15.9 Å². The maximum atomic E-state index is 12.3. The topological polar surface area (TPSA) is 66.9 Å². The number of hydrogen-bond donors (Lipinski definition) is 2. The van der Waals surface area contributed by atoms with E-state index in [4.69, 9.17) is 0 Å². The lowest BCUT2D eigenvalue weighted by atomic mass is 10.1. The van der Waals surface area contributed by atoms with Gasteiger partial charge in [-0.3, -0.25) is 4.79 Å². The van der Waals surface area contributed by atoms with E-state index < -0.39 is 0 Å². The van der Waals surface area contributed by atoms with E-state index in [1.54, 1.807) is 0 Å². The highest BCUT2D eigenvalue weighted by Gasteiger charge is 2.09. The van der Waals surface area contributed by atoms with Gasteiger partial charge in [0.15, 0.2) is 0 Å². The Hall–Kier alpha value is -3.21. The predicted octanol–water partition coefficient (Wildman–Crippen LogP) is 4.09. The second kappa shape index (κ2) is 6.91. The molecule has 5 heteroatoms. The van der Waals surface area contributed by atoms with E-state index in [2.05, 4.69) is 20.6 Å². The van der Waals surface area contributed by atoms with E-state index in [1.165, 1.54) is 12.4 Å². The normalized spacial score (nSPS) is 10.2. The minimum atomic E-state index is -0.227. The molecule has 0 bridgehead atoms. The third-order valence-electron chi connectivity index (χ3n) is 3.59. The van der Waals surface area contributed by atoms with Gasteiger partial charge in [-0.2, -0.15) is 0 Å². The number of amides is 1. The molecule has 2 N–H and O–H groups in total. The number of nitrogens with one attached hydrogen (secondary N) is 2. The monoisotopic (exact) mass is 318 g/mol. The van der Waals surface area contributed by atoms with Crippen LogP contribution in [0.15, 0.2) is 60.9 Å². The molecule has 0 aliphatic carbocycles. The molecule has 3 rings (SSSR count). The molecule has 0 atom stereocenters. The summed E-state index contributed by atoms with van der Waals surface area (Å²) in [6.07, 6.45) is 3.03. The minimum Gasteiger partial charge on any atom is -0.324 e. The first kappa shape index (κ1) is 15.7. The van der Waals surface area contributed by atoms with Crippen LogP contribution < -0.4 is 10.6 Å². The molecule has 1 amide bonds. The maximum Gasteiger partial charge on any atom is 0.258 e. The summed E-state index contributed by atoms with van der Waals surface area (Å²) in [5.41, 5.74) is 4.21. The number of hydrogen-bond acceptors (Lipinski definition) is 4. The van der Waals surface area contributed by atoms with E-state index in [1.807, 2.05) is 62.4 Å². The predicted molar refractivity (Wildman–Crippen MR) is 95.6 cm³/mol. The van der Waals surface area contributed by atoms with Gasteiger partial charge in [-0.1, -0.05) is 30.3 Å². The Morgan fingerprint density at radius 1 is 0.958 bits per heavy atom. The van der Waals surface area contributed by atoms with Gasteiger partial charge in [0.05, 0.1) is 5.56 Å². The first-order valence-electron chi connectivity index (χ1n) is 7.64. The zero-order chi connectivity index (χ0) is 16.9. The van der Waals surface area contributed by atoms with Crippen molar-refractivity contribution in [3.8, 4) is 0 Å². The van der Waals surface area contributed by atoms with Crippen molar-refractivity contribution in [1.29, 1.82) is 0 Å². The highest BCUT2D eigenvalue weighted by molar-refractivity contribution is 6.04. The maximum absolute atomic E-state index is 12.3. The average molecular weight is 318 g/mol. The summed E-state index contributed by atoms with van der Waals surface area (Å²) in [5.74, 6) is 0.222. The second-order valence-electron chi connectivity index (χ2n) is 5.56. The number of para-hydroxylation sites is 1. The number of carbonyl (C=O) groups is 1. The molecule has 1 heterocycles. The summed E-state index contributed by atoms with van der Waals surface area (Å²) in [5, 5.41) is 5.98. The van der Waals surface area contributed by atoms with Crippen molar-refractivity contribution < 1.29 is 4.79 Å². The highest BCUT2D eigenvalue weighted by atomic mass is 16.1. The van der Waals surface area contributed by atoms with Crippen LogP contribution in [0.1, 0.15) is 21.5 Å². The lowest BCUT2D eigenvalue weighted by molar-refractivity contribution is 0.102. The third kappa shape index (κ3) is 3.76. The van der Waals surface area contributed by atoms with Crippen molar-refractivity contribution in [1.82, 2.24) is 9.97 Å². The Morgan fingerprint density at radius 2 is 1.67 bits per heavy atom. The molecule has 0 fully saturated rings. The number of benzene rings is 2. The summed E-state index contributed by atoms with van der Waals surface area (Å²) >= 11 is 0. The molecule has 5 nitrogen and oxygen atoms in total. The fourth-order valence-electron chi connectivity index (χ4n) is 2.23. The quantitative estimate of drug-likeness (QED) is 0.760. The minimum absolute atomic E-state index is 0.227. The largest absolute Gasteiger partial charge is 0.324 e. The van der Waals surface area contributed by atoms with Gasteiger partial charge in [0.2, 0.25) is 5.95 Å². The molecule has 24 heavy (non-hydrogen) atoms. The molecule has 120 valence electrons. The molecular weight excluding hydrogens is 300 g/mol. The zero-order valence-corrected chi connectivity index (χ0v) is 13.6. The summed E-state index contributed by atoms with van der Waals surface area (Å²) in [6, 6.07) is 15.6. The van der Waals surface area contributed by atoms with Gasteiger partial charge in [0, 0.05) is 23.8 Å². The van der Waals surface area contributed by atoms with Crippen LogP contribution in [0, 0.1) is 13.8 Å². The lowest BCUT2D eigenvalue weighted by Crippen LogP contribution is -2.14. The van der Waals surface area contributed by atoms with E-state index in [9.17, 15) is 4.79 Å². The van der Waals surface area contributed by atoms with Crippen LogP contribution >= 0.6 is 0 Å². The van der Waals surface area contributed by atoms with Gasteiger partial charge in [0.1, 0.15) is 0 Å². The van der Waals surface area contributed by atoms with E-state index >= 15 is 0 Å². The van der Waals surface area contributed by atoms with Crippen molar-refractivity contribution in [2.24, 2.45) is 0 Å². The molecule has 0 aliphatic rings. The van der Waals surface area contributed by atoms with E-state index in [0.717, 1.165) is 22.5 Å². The van der Waals surface area contributed by atoms with Gasteiger partial charge in [0.25, 0.3) is 5.91 Å². The molecule has 0 saturated carbocycles. The SMILES string of the molecule is Cc1ccc(C)c(NC(=O)c2cnc(Nc3ccccc3)nc2)c1. The van der Waals surface area contributed by atoms with Gasteiger partial charge in [-0.25, -0.2) is 9.97 Å². The zero-order valence-electron chi connectivity index (χ0n) is 13.6. The average Bonchev–Trinajstić information content (AvgIpc) is 2.60. The standard InChI is InChI=1S/C19H18N4O/c1-13-8-9-14(2)17(10-13)23-18(24)15-11-20-19(21-12-15)22-16-6-4-3-5-7-16/h3-12H,1-2H3,(H,23,24)(H,20,21,22). The van der Waals surface area contributed by atoms with Crippen molar-refractivity contribution in [2.75, 3.05) is 10.6 Å². The van der Waals surface area contributed by atoms with E-state index in [-0.39, 0.29) is 5.91 Å². The fraction of sp³-hybridized carbons (Fsp3) is 0.105. The number of aryl methyl sites for hydroxylation is 2. The van der Waals surface area contributed by atoms with Crippen molar-refractivity contribution >= 4 is 23.2 Å². The Bertz CT molecular complexity index is 845. The summed E-state index contributed by atoms with van der Waals surface area (Å²) in [7, 11) is 0. The Kier molecular flexibility index (Phi) is 4.52. The lowest BCUT2D eigenvalue weighted by Gasteiger charge is -2.09. The number of aromatic nitrogens is 2. The van der Waals surface area contributed by atoms with Gasteiger partial charge in [-0.05, 0) is 43.2 Å². The van der Waals surface area contributed by atoms with Crippen LogP contribution in [0.3, 0.4) is 0 Å². The number of nitrogens with zero attached hydrogens (tertiary/aromatic N) is 2. The van der Waals surface area contributed by atoms with Gasteiger partial charge >= 0.3 is 0 Å². The molecule has 0 spiro atoms. The molecule has 0 radical (unpaired) electrons. The first-order valence-corrected chi connectivity index (χ1v) is 7.64. The summed E-state index contributed by atoms with van der Waals surface area (Å²) in [6.45, 7) is 3.95. The van der Waals surface area contributed by atoms with Crippen LogP contribution in [0.2, 0.25) is 0 Å². The molecule has 0 unspecified atom stereocenters. The number of anilines is 3. The number of carbonyl (C=O) groups excluding carboxylic acids is 1. The highest BCUT2D eigenvalue weighted by Crippen LogP contribution is 2.17. The van der Waals surface area contributed by atoms with Gasteiger partial charge < -0.3 is 10.6 Å². The Balaban J connectivity index is 1.71. The molecule has 0 saturated heterocycles. The van der Waals surface area contributed by atoms with E-state index in [0.29, 0.717) is 11.5 Å². The van der Waals surface area contributed by atoms with Crippen molar-refractivity contribution in [2.45, 2.75) is 13.8 Å². The third-order valence-corrected chi connectivity index (χ3v) is 3.59. The number of rotatable bonds is 4. The molecule has 2 aromatic carbocycles. The Labute approximate surface area is 140 Å². The molecule has 1 aromatic heterocycles. The smallest absolute Gasteiger partial charge is 0.258 e. The second-order valence-corrected chi connectivity index (χ2v) is 5.56.